The Kier molecular flexibility index (Phi) is 5.26. The van der Waals surface area contributed by atoms with E-state index in [9.17, 15) is 0 Å². The molecular weight excluding hydrogens is 330 g/mol. The Balaban J connectivity index is 2.05. The molecule has 4 rings (SSSR count). The van der Waals surface area contributed by atoms with Crippen LogP contribution in [0.2, 0.25) is 0 Å². The van der Waals surface area contributed by atoms with Crippen LogP contribution < -0.4 is 4.74 Å². The van der Waals surface area contributed by atoms with Crippen LogP contribution in [-0.2, 0) is 5.54 Å². The summed E-state index contributed by atoms with van der Waals surface area (Å²) in [5.41, 5.74) is 3.48. The molecule has 2 nitrogen and oxygen atoms in total. The normalized spacial score (nSPS) is 15.0. The fourth-order valence-corrected chi connectivity index (χ4v) is 4.47. The van der Waals surface area contributed by atoms with E-state index in [2.05, 4.69) is 96.8 Å². The highest BCUT2D eigenvalue weighted by atomic mass is 16.5. The lowest BCUT2D eigenvalue weighted by molar-refractivity contribution is 0.192. The molecule has 1 saturated heterocycles. The van der Waals surface area contributed by atoms with Gasteiger partial charge in [-0.3, -0.25) is 4.90 Å². The second-order valence-corrected chi connectivity index (χ2v) is 7.07. The first-order valence-corrected chi connectivity index (χ1v) is 9.95. The molecule has 0 aromatic heterocycles. The van der Waals surface area contributed by atoms with E-state index in [4.69, 9.17) is 4.74 Å². The Labute approximate surface area is 162 Å². The second kappa shape index (κ2) is 7.98. The molecule has 138 valence electrons. The van der Waals surface area contributed by atoms with E-state index in [1.165, 1.54) is 29.5 Å². The monoisotopic (exact) mass is 357 g/mol. The molecule has 3 aromatic rings. The predicted octanol–water partition coefficient (Wildman–Crippen LogP) is 5.47. The van der Waals surface area contributed by atoms with Crippen molar-refractivity contribution in [3.05, 3.63) is 102 Å². The van der Waals surface area contributed by atoms with Crippen LogP contribution in [0.1, 0.15) is 36.5 Å². The molecule has 0 atom stereocenters. The highest BCUT2D eigenvalue weighted by Crippen LogP contribution is 2.47. The molecule has 0 spiro atoms. The van der Waals surface area contributed by atoms with E-state index in [0.29, 0.717) is 6.61 Å². The van der Waals surface area contributed by atoms with Crippen molar-refractivity contribution in [2.75, 3.05) is 19.7 Å². The molecule has 0 N–H and O–H groups in total. The largest absolute Gasteiger partial charge is 0.493 e. The Morgan fingerprint density at radius 1 is 0.741 bits per heavy atom. The second-order valence-electron chi connectivity index (χ2n) is 7.07. The van der Waals surface area contributed by atoms with Crippen LogP contribution in [0.15, 0.2) is 84.9 Å². The minimum absolute atomic E-state index is 0.342. The maximum atomic E-state index is 6.12. The van der Waals surface area contributed by atoms with Crippen molar-refractivity contribution >= 4 is 0 Å². The fourth-order valence-electron chi connectivity index (χ4n) is 4.47. The van der Waals surface area contributed by atoms with E-state index in [1.54, 1.807) is 0 Å². The number of hydrogen-bond acceptors (Lipinski definition) is 2. The van der Waals surface area contributed by atoms with Crippen molar-refractivity contribution in [3.8, 4) is 5.75 Å². The molecule has 3 aromatic carbocycles. The molecule has 2 heteroatoms. The van der Waals surface area contributed by atoms with Crippen LogP contribution >= 0.6 is 0 Å². The van der Waals surface area contributed by atoms with Gasteiger partial charge in [0.25, 0.3) is 0 Å². The first-order chi connectivity index (χ1) is 13.4. The van der Waals surface area contributed by atoms with Gasteiger partial charge < -0.3 is 4.74 Å². The molecule has 0 amide bonds. The van der Waals surface area contributed by atoms with Crippen LogP contribution in [0.25, 0.3) is 0 Å². The third kappa shape index (κ3) is 3.15. The molecule has 0 radical (unpaired) electrons. The topological polar surface area (TPSA) is 12.5 Å². The summed E-state index contributed by atoms with van der Waals surface area (Å²) >= 11 is 0. The standard InChI is InChI=1S/C25H27NO/c1-2-27-24-18-10-9-17-23(24)25(26-19-11-12-20-26,21-13-5-3-6-14-21)22-15-7-4-8-16-22/h3-10,13-18H,2,11-12,19-20H2,1H3. The van der Waals surface area contributed by atoms with Crippen LogP contribution in [0.3, 0.4) is 0 Å². The van der Waals surface area contributed by atoms with Crippen molar-refractivity contribution in [1.82, 2.24) is 4.90 Å². The van der Waals surface area contributed by atoms with Gasteiger partial charge in [-0.15, -0.1) is 0 Å². The number of ether oxygens (including phenoxy) is 1. The fraction of sp³-hybridized carbons (Fsp3) is 0.280. The average molecular weight is 357 g/mol. The molecule has 0 unspecified atom stereocenters. The lowest BCUT2D eigenvalue weighted by atomic mass is 9.75. The molecule has 0 bridgehead atoms. The van der Waals surface area contributed by atoms with Crippen molar-refractivity contribution in [2.24, 2.45) is 0 Å². The number of hydrogen-bond donors (Lipinski definition) is 0. The van der Waals surface area contributed by atoms with E-state index >= 15 is 0 Å². The van der Waals surface area contributed by atoms with Gasteiger partial charge in [-0.05, 0) is 50.0 Å². The van der Waals surface area contributed by atoms with Crippen LogP contribution in [0.5, 0.6) is 5.75 Å². The number of likely N-dealkylation sites (tertiary alicyclic amines) is 1. The zero-order valence-corrected chi connectivity index (χ0v) is 16.0. The van der Waals surface area contributed by atoms with Crippen LogP contribution in [0.4, 0.5) is 0 Å². The van der Waals surface area contributed by atoms with E-state index in [1.807, 2.05) is 0 Å². The van der Waals surface area contributed by atoms with Crippen molar-refractivity contribution < 1.29 is 4.74 Å². The highest BCUT2D eigenvalue weighted by Gasteiger charge is 2.44. The minimum Gasteiger partial charge on any atom is -0.493 e. The Bertz CT molecular complexity index is 814. The summed E-state index contributed by atoms with van der Waals surface area (Å²) < 4.78 is 6.12. The van der Waals surface area contributed by atoms with Crippen LogP contribution in [-0.4, -0.2) is 24.6 Å². The molecule has 1 aliphatic rings. The summed E-state index contributed by atoms with van der Waals surface area (Å²) in [5.74, 6) is 0.972. The SMILES string of the molecule is CCOc1ccccc1C(c1ccccc1)(c1ccccc1)N1CCCC1. The quantitative estimate of drug-likeness (QED) is 0.542. The third-order valence-corrected chi connectivity index (χ3v) is 5.54. The Morgan fingerprint density at radius 3 is 1.81 bits per heavy atom. The van der Waals surface area contributed by atoms with Gasteiger partial charge in [-0.1, -0.05) is 78.9 Å². The first kappa shape index (κ1) is 17.8. The first-order valence-electron chi connectivity index (χ1n) is 9.95. The summed E-state index contributed by atoms with van der Waals surface area (Å²) in [5, 5.41) is 0. The number of nitrogens with zero attached hydrogens (tertiary/aromatic N) is 1. The zero-order chi connectivity index (χ0) is 18.5. The van der Waals surface area contributed by atoms with Gasteiger partial charge in [-0.2, -0.15) is 0 Å². The van der Waals surface area contributed by atoms with Crippen molar-refractivity contribution in [1.29, 1.82) is 0 Å². The van der Waals surface area contributed by atoms with Crippen molar-refractivity contribution in [3.63, 3.8) is 0 Å². The maximum Gasteiger partial charge on any atom is 0.125 e. The zero-order valence-electron chi connectivity index (χ0n) is 16.0. The minimum atomic E-state index is -0.342. The van der Waals surface area contributed by atoms with Gasteiger partial charge in [0.15, 0.2) is 0 Å². The number of rotatable bonds is 6. The number of benzene rings is 3. The predicted molar refractivity (Wildman–Crippen MR) is 111 cm³/mol. The van der Waals surface area contributed by atoms with Gasteiger partial charge in [0.1, 0.15) is 11.3 Å². The third-order valence-electron chi connectivity index (χ3n) is 5.54. The molecule has 27 heavy (non-hydrogen) atoms. The van der Waals surface area contributed by atoms with Crippen LogP contribution in [0, 0.1) is 0 Å². The smallest absolute Gasteiger partial charge is 0.125 e. The van der Waals surface area contributed by atoms with E-state index in [0.717, 1.165) is 18.8 Å². The summed E-state index contributed by atoms with van der Waals surface area (Å²) in [6.45, 7) is 4.89. The van der Waals surface area contributed by atoms with Gasteiger partial charge in [-0.25, -0.2) is 0 Å². The summed E-state index contributed by atoms with van der Waals surface area (Å²) in [7, 11) is 0. The summed E-state index contributed by atoms with van der Waals surface area (Å²) in [6, 6.07) is 30.4. The summed E-state index contributed by atoms with van der Waals surface area (Å²) in [4.78, 5) is 2.63. The average Bonchev–Trinajstić information content (AvgIpc) is 3.27. The molecule has 0 aliphatic carbocycles. The lowest BCUT2D eigenvalue weighted by Gasteiger charge is -2.44. The van der Waals surface area contributed by atoms with Gasteiger partial charge in [0.05, 0.1) is 6.61 Å². The Morgan fingerprint density at radius 2 is 1.26 bits per heavy atom. The summed E-state index contributed by atoms with van der Waals surface area (Å²) in [6.07, 6.45) is 2.47. The molecular formula is C25H27NO. The van der Waals surface area contributed by atoms with Crippen molar-refractivity contribution in [2.45, 2.75) is 25.3 Å². The maximum absolute atomic E-state index is 6.12. The van der Waals surface area contributed by atoms with E-state index in [-0.39, 0.29) is 5.54 Å². The van der Waals surface area contributed by atoms with Gasteiger partial charge >= 0.3 is 0 Å². The molecule has 1 aliphatic heterocycles. The number of para-hydroxylation sites is 1. The lowest BCUT2D eigenvalue weighted by Crippen LogP contribution is -2.46. The van der Waals surface area contributed by atoms with Gasteiger partial charge in [0.2, 0.25) is 0 Å². The van der Waals surface area contributed by atoms with Gasteiger partial charge in [0, 0.05) is 5.56 Å². The highest BCUT2D eigenvalue weighted by molar-refractivity contribution is 5.54. The Hall–Kier alpha value is -2.58. The molecule has 1 fully saturated rings. The molecule has 0 saturated carbocycles. The molecule has 1 heterocycles. The van der Waals surface area contributed by atoms with E-state index < -0.39 is 0 Å².